The van der Waals surface area contributed by atoms with Gasteiger partial charge < -0.3 is 9.80 Å². The number of hydrogen-bond donors (Lipinski definition) is 0. The molecule has 1 aromatic carbocycles. The first-order valence-electron chi connectivity index (χ1n) is 10.8. The highest BCUT2D eigenvalue weighted by Crippen LogP contribution is 2.23. The molecule has 4 rings (SSSR count). The Kier molecular flexibility index (Phi) is 6.51. The molecule has 1 fully saturated rings. The number of benzene rings is 1. The minimum atomic E-state index is -0.835. The van der Waals surface area contributed by atoms with Crippen LogP contribution >= 0.6 is 0 Å². The number of carbonyl (C=O) groups excluding carboxylic acids is 1. The number of pyridine rings is 1. The molecule has 0 spiro atoms. The van der Waals surface area contributed by atoms with Crippen LogP contribution in [0.25, 0.3) is 22.0 Å². The fourth-order valence-corrected chi connectivity index (χ4v) is 4.26. The molecule has 1 aliphatic heterocycles. The molecule has 1 aliphatic rings. The third kappa shape index (κ3) is 5.22. The lowest BCUT2D eigenvalue weighted by molar-refractivity contribution is -0.132. The van der Waals surface area contributed by atoms with Crippen molar-refractivity contribution < 1.29 is 9.18 Å². The number of carbonyl (C=O) groups is 1. The number of aromatic nitrogens is 3. The lowest BCUT2D eigenvalue weighted by Gasteiger charge is -2.37. The molecule has 0 saturated carbocycles. The molecule has 6 nitrogen and oxygen atoms in total. The van der Waals surface area contributed by atoms with E-state index >= 15 is 0 Å². The van der Waals surface area contributed by atoms with Crippen molar-refractivity contribution in [3.63, 3.8) is 0 Å². The normalized spacial score (nSPS) is 16.1. The molecule has 1 amide bonds. The van der Waals surface area contributed by atoms with Crippen LogP contribution in [0.3, 0.4) is 0 Å². The Balaban J connectivity index is 1.41. The smallest absolute Gasteiger partial charge is 0.228 e. The quantitative estimate of drug-likeness (QED) is 0.610. The van der Waals surface area contributed by atoms with Crippen molar-refractivity contribution in [3.8, 4) is 11.3 Å². The van der Waals surface area contributed by atoms with E-state index in [1.807, 2.05) is 36.3 Å². The summed E-state index contributed by atoms with van der Waals surface area (Å²) in [6.45, 7) is 3.44. The van der Waals surface area contributed by atoms with Gasteiger partial charge in [-0.3, -0.25) is 19.7 Å². The number of alkyl halides is 1. The van der Waals surface area contributed by atoms with Gasteiger partial charge in [0, 0.05) is 55.2 Å². The van der Waals surface area contributed by atoms with Crippen LogP contribution in [-0.4, -0.2) is 69.6 Å². The van der Waals surface area contributed by atoms with Crippen molar-refractivity contribution in [2.45, 2.75) is 38.4 Å². The predicted molar refractivity (Wildman–Crippen MR) is 119 cm³/mol. The fourth-order valence-electron chi connectivity index (χ4n) is 4.26. The summed E-state index contributed by atoms with van der Waals surface area (Å²) in [7, 11) is 1.96. The lowest BCUT2D eigenvalue weighted by Crippen LogP contribution is -2.47. The molecule has 31 heavy (non-hydrogen) atoms. The van der Waals surface area contributed by atoms with Gasteiger partial charge in [0.25, 0.3) is 0 Å². The molecule has 3 heterocycles. The highest BCUT2D eigenvalue weighted by molar-refractivity contribution is 5.87. The van der Waals surface area contributed by atoms with Crippen molar-refractivity contribution in [1.29, 1.82) is 0 Å². The van der Waals surface area contributed by atoms with Crippen molar-refractivity contribution >= 4 is 16.7 Å². The van der Waals surface area contributed by atoms with E-state index < -0.39 is 6.17 Å². The second kappa shape index (κ2) is 9.47. The molecular formula is C24H28FN5O. The van der Waals surface area contributed by atoms with Gasteiger partial charge in [-0.05, 0) is 44.3 Å². The molecule has 162 valence electrons. The van der Waals surface area contributed by atoms with Gasteiger partial charge in [-0.25, -0.2) is 4.39 Å². The summed E-state index contributed by atoms with van der Waals surface area (Å²) in [6.07, 6.45) is 8.09. The van der Waals surface area contributed by atoms with Crippen molar-refractivity contribution in [1.82, 2.24) is 24.8 Å². The monoisotopic (exact) mass is 421 g/mol. The third-order valence-electron chi connectivity index (χ3n) is 5.95. The Bertz CT molecular complexity index is 1030. The second-order valence-corrected chi connectivity index (χ2v) is 8.34. The summed E-state index contributed by atoms with van der Waals surface area (Å²) in [6, 6.07) is 8.39. The Morgan fingerprint density at radius 3 is 2.68 bits per heavy atom. The highest BCUT2D eigenvalue weighted by atomic mass is 19.1. The SMILES string of the molecule is CC(F)CN(C)C1CCN(C(=O)Cc2cc3cc(-c4cnccn4)ccc3cn2)CC1. The minimum absolute atomic E-state index is 0.0943. The molecular weight excluding hydrogens is 393 g/mol. The molecule has 1 unspecified atom stereocenters. The van der Waals surface area contributed by atoms with E-state index in [0.717, 1.165) is 40.6 Å². The van der Waals surface area contributed by atoms with Gasteiger partial charge in [-0.1, -0.05) is 12.1 Å². The summed E-state index contributed by atoms with van der Waals surface area (Å²) in [5.41, 5.74) is 2.56. The molecule has 3 aromatic rings. The number of piperidine rings is 1. The highest BCUT2D eigenvalue weighted by Gasteiger charge is 2.26. The molecule has 0 bridgehead atoms. The average molecular weight is 422 g/mol. The van der Waals surface area contributed by atoms with Crippen LogP contribution < -0.4 is 0 Å². The van der Waals surface area contributed by atoms with Crippen LogP contribution in [0.1, 0.15) is 25.5 Å². The molecule has 0 N–H and O–H groups in total. The van der Waals surface area contributed by atoms with Crippen LogP contribution in [0.5, 0.6) is 0 Å². The van der Waals surface area contributed by atoms with E-state index in [1.165, 1.54) is 0 Å². The number of halogens is 1. The van der Waals surface area contributed by atoms with E-state index in [1.54, 1.807) is 25.5 Å². The summed E-state index contributed by atoms with van der Waals surface area (Å²) in [5, 5.41) is 2.05. The van der Waals surface area contributed by atoms with E-state index in [9.17, 15) is 9.18 Å². The summed E-state index contributed by atoms with van der Waals surface area (Å²) in [4.78, 5) is 29.8. The average Bonchev–Trinajstić information content (AvgIpc) is 2.79. The lowest BCUT2D eigenvalue weighted by atomic mass is 10.0. The minimum Gasteiger partial charge on any atom is -0.342 e. The zero-order valence-corrected chi connectivity index (χ0v) is 18.0. The topological polar surface area (TPSA) is 62.2 Å². The standard InChI is InChI=1S/C24H28FN5O/c1-17(25)16-29(2)22-5-9-30(10-6-22)24(31)13-21-12-20-11-18(3-4-19(20)14-28-21)23-15-26-7-8-27-23/h3-4,7-8,11-12,14-15,17,22H,5-6,9-10,13,16H2,1-2H3. The number of likely N-dealkylation sites (tertiary alicyclic amines) is 1. The van der Waals surface area contributed by atoms with Gasteiger partial charge in [0.1, 0.15) is 6.17 Å². The number of hydrogen-bond acceptors (Lipinski definition) is 5. The van der Waals surface area contributed by atoms with Crippen molar-refractivity contribution in [3.05, 3.63) is 54.7 Å². The van der Waals surface area contributed by atoms with Crippen molar-refractivity contribution in [2.75, 3.05) is 26.7 Å². The maximum atomic E-state index is 13.3. The van der Waals surface area contributed by atoms with E-state index in [-0.39, 0.29) is 12.3 Å². The maximum Gasteiger partial charge on any atom is 0.228 e. The van der Waals surface area contributed by atoms with E-state index in [4.69, 9.17) is 0 Å². The van der Waals surface area contributed by atoms with Gasteiger partial charge in [0.15, 0.2) is 0 Å². The zero-order valence-electron chi connectivity index (χ0n) is 18.0. The zero-order chi connectivity index (χ0) is 21.8. The third-order valence-corrected chi connectivity index (χ3v) is 5.95. The molecule has 1 saturated heterocycles. The van der Waals surface area contributed by atoms with E-state index in [2.05, 4.69) is 25.9 Å². The van der Waals surface area contributed by atoms with Crippen molar-refractivity contribution in [2.24, 2.45) is 0 Å². The Hall–Kier alpha value is -2.93. The van der Waals surface area contributed by atoms with Crippen LogP contribution in [0.2, 0.25) is 0 Å². The Morgan fingerprint density at radius 2 is 1.97 bits per heavy atom. The number of fused-ring (bicyclic) bond motifs is 1. The summed E-state index contributed by atoms with van der Waals surface area (Å²) < 4.78 is 13.3. The van der Waals surface area contributed by atoms with Gasteiger partial charge in [-0.15, -0.1) is 0 Å². The summed E-state index contributed by atoms with van der Waals surface area (Å²) in [5.74, 6) is 0.0943. The fraction of sp³-hybridized carbons (Fsp3) is 0.417. The van der Waals surface area contributed by atoms with E-state index in [0.29, 0.717) is 25.7 Å². The van der Waals surface area contributed by atoms with Crippen LogP contribution in [0.15, 0.2) is 49.1 Å². The van der Waals surface area contributed by atoms with Crippen LogP contribution in [-0.2, 0) is 11.2 Å². The first-order chi connectivity index (χ1) is 15.0. The van der Waals surface area contributed by atoms with Gasteiger partial charge >= 0.3 is 0 Å². The number of amides is 1. The Labute approximate surface area is 182 Å². The molecule has 1 atom stereocenters. The number of nitrogens with zero attached hydrogens (tertiary/aromatic N) is 5. The van der Waals surface area contributed by atoms with Crippen LogP contribution in [0.4, 0.5) is 4.39 Å². The first kappa shape index (κ1) is 21.3. The van der Waals surface area contributed by atoms with Crippen LogP contribution in [0, 0.1) is 0 Å². The second-order valence-electron chi connectivity index (χ2n) is 8.34. The molecule has 0 radical (unpaired) electrons. The largest absolute Gasteiger partial charge is 0.342 e. The summed E-state index contributed by atoms with van der Waals surface area (Å²) >= 11 is 0. The van der Waals surface area contributed by atoms with Gasteiger partial charge in [0.2, 0.25) is 5.91 Å². The molecule has 7 heteroatoms. The maximum absolute atomic E-state index is 13.3. The number of rotatable bonds is 6. The van der Waals surface area contributed by atoms with Gasteiger partial charge in [0.05, 0.1) is 24.0 Å². The predicted octanol–water partition coefficient (Wildman–Crippen LogP) is 3.52. The molecule has 2 aromatic heterocycles. The first-order valence-corrected chi connectivity index (χ1v) is 10.8. The Morgan fingerprint density at radius 1 is 1.16 bits per heavy atom. The van der Waals surface area contributed by atoms with Gasteiger partial charge in [-0.2, -0.15) is 0 Å². The molecule has 0 aliphatic carbocycles.